The van der Waals surface area contributed by atoms with Crippen LogP contribution in [-0.2, 0) is 9.84 Å². The van der Waals surface area contributed by atoms with E-state index in [0.29, 0.717) is 17.5 Å². The SMILES string of the molecule is O=S1(=O)C=C(CNC2CCC2)c2ccccc21. The molecule has 0 amide bonds. The molecule has 2 aliphatic rings. The molecule has 4 heteroatoms. The summed E-state index contributed by atoms with van der Waals surface area (Å²) in [5.74, 6) is 0. The Morgan fingerprint density at radius 3 is 2.71 bits per heavy atom. The van der Waals surface area contributed by atoms with Gasteiger partial charge in [0.1, 0.15) is 0 Å². The van der Waals surface area contributed by atoms with Gasteiger partial charge in [0.2, 0.25) is 9.84 Å². The van der Waals surface area contributed by atoms with E-state index in [1.807, 2.05) is 12.1 Å². The molecule has 1 heterocycles. The first-order valence-electron chi connectivity index (χ1n) is 5.95. The Bertz CT molecular complexity index is 571. The highest BCUT2D eigenvalue weighted by molar-refractivity contribution is 7.95. The van der Waals surface area contributed by atoms with Crippen molar-refractivity contribution < 1.29 is 8.42 Å². The summed E-state index contributed by atoms with van der Waals surface area (Å²) in [5.41, 5.74) is 1.76. The van der Waals surface area contributed by atoms with E-state index in [4.69, 9.17) is 0 Å². The third-order valence-electron chi connectivity index (χ3n) is 3.52. The lowest BCUT2D eigenvalue weighted by Gasteiger charge is -2.26. The van der Waals surface area contributed by atoms with Crippen LogP contribution < -0.4 is 5.32 Å². The lowest BCUT2D eigenvalue weighted by atomic mass is 9.93. The average Bonchev–Trinajstić information content (AvgIpc) is 2.50. The number of sulfone groups is 1. The zero-order valence-corrected chi connectivity index (χ0v) is 10.3. The average molecular weight is 249 g/mol. The van der Waals surface area contributed by atoms with Gasteiger partial charge in [-0.2, -0.15) is 0 Å². The van der Waals surface area contributed by atoms with Crippen molar-refractivity contribution in [2.45, 2.75) is 30.2 Å². The van der Waals surface area contributed by atoms with Crippen LogP contribution in [0.25, 0.3) is 5.57 Å². The van der Waals surface area contributed by atoms with E-state index in [-0.39, 0.29) is 0 Å². The molecule has 90 valence electrons. The van der Waals surface area contributed by atoms with E-state index in [0.717, 1.165) is 11.1 Å². The summed E-state index contributed by atoms with van der Waals surface area (Å²) < 4.78 is 23.8. The molecular weight excluding hydrogens is 234 g/mol. The Morgan fingerprint density at radius 1 is 1.24 bits per heavy atom. The maximum Gasteiger partial charge on any atom is 0.200 e. The molecule has 0 bridgehead atoms. The molecule has 1 aliphatic heterocycles. The molecule has 17 heavy (non-hydrogen) atoms. The fourth-order valence-electron chi connectivity index (χ4n) is 2.30. The number of fused-ring (bicyclic) bond motifs is 1. The van der Waals surface area contributed by atoms with Crippen molar-refractivity contribution in [3.8, 4) is 0 Å². The van der Waals surface area contributed by atoms with E-state index >= 15 is 0 Å². The van der Waals surface area contributed by atoms with Gasteiger partial charge < -0.3 is 5.32 Å². The summed E-state index contributed by atoms with van der Waals surface area (Å²) in [5, 5.41) is 4.81. The minimum absolute atomic E-state index is 0.449. The summed E-state index contributed by atoms with van der Waals surface area (Å²) in [6.07, 6.45) is 3.70. The molecule has 0 spiro atoms. The van der Waals surface area contributed by atoms with Crippen LogP contribution in [0.4, 0.5) is 0 Å². The molecule has 1 aromatic carbocycles. The van der Waals surface area contributed by atoms with Crippen LogP contribution in [0.1, 0.15) is 24.8 Å². The molecule has 3 rings (SSSR count). The summed E-state index contributed by atoms with van der Waals surface area (Å²) in [6, 6.07) is 7.79. The third kappa shape index (κ3) is 1.91. The highest BCUT2D eigenvalue weighted by Crippen LogP contribution is 2.33. The first-order valence-corrected chi connectivity index (χ1v) is 7.50. The second kappa shape index (κ2) is 3.96. The van der Waals surface area contributed by atoms with Gasteiger partial charge in [-0.3, -0.25) is 0 Å². The minimum Gasteiger partial charge on any atom is -0.310 e. The first kappa shape index (κ1) is 11.0. The molecule has 0 radical (unpaired) electrons. The van der Waals surface area contributed by atoms with Crippen LogP contribution in [-0.4, -0.2) is 21.0 Å². The number of hydrogen-bond acceptors (Lipinski definition) is 3. The standard InChI is InChI=1S/C13H15NO2S/c15-17(16)9-10(8-14-11-4-3-5-11)12-6-1-2-7-13(12)17/h1-2,6-7,9,11,14H,3-5,8H2. The minimum atomic E-state index is -3.19. The molecule has 3 nitrogen and oxygen atoms in total. The predicted molar refractivity (Wildman–Crippen MR) is 67.2 cm³/mol. The van der Waals surface area contributed by atoms with Gasteiger partial charge in [0.05, 0.1) is 4.90 Å². The van der Waals surface area contributed by atoms with Gasteiger partial charge >= 0.3 is 0 Å². The Morgan fingerprint density at radius 2 is 2.00 bits per heavy atom. The van der Waals surface area contributed by atoms with E-state index in [2.05, 4.69) is 5.32 Å². The van der Waals surface area contributed by atoms with Crippen LogP contribution in [0, 0.1) is 0 Å². The van der Waals surface area contributed by atoms with E-state index in [1.165, 1.54) is 24.7 Å². The Labute approximate surface area is 101 Å². The molecule has 0 unspecified atom stereocenters. The van der Waals surface area contributed by atoms with Gasteiger partial charge in [-0.05, 0) is 30.0 Å². The van der Waals surface area contributed by atoms with Crippen molar-refractivity contribution >= 4 is 15.4 Å². The normalized spacial score (nSPS) is 21.8. The van der Waals surface area contributed by atoms with Gasteiger partial charge in [0, 0.05) is 18.0 Å². The summed E-state index contributed by atoms with van der Waals surface area (Å²) >= 11 is 0. The maximum atomic E-state index is 11.9. The van der Waals surface area contributed by atoms with Crippen LogP contribution in [0.2, 0.25) is 0 Å². The summed E-state index contributed by atoms with van der Waals surface area (Å²) in [6.45, 7) is 0.654. The van der Waals surface area contributed by atoms with E-state index in [9.17, 15) is 8.42 Å². The van der Waals surface area contributed by atoms with Gasteiger partial charge in [-0.15, -0.1) is 0 Å². The van der Waals surface area contributed by atoms with Crippen LogP contribution in [0.15, 0.2) is 34.6 Å². The van der Waals surface area contributed by atoms with Crippen molar-refractivity contribution in [3.63, 3.8) is 0 Å². The Balaban J connectivity index is 1.85. The molecular formula is C13H15NO2S. The van der Waals surface area contributed by atoms with Crippen LogP contribution in [0.3, 0.4) is 0 Å². The largest absolute Gasteiger partial charge is 0.310 e. The van der Waals surface area contributed by atoms with Crippen LogP contribution >= 0.6 is 0 Å². The van der Waals surface area contributed by atoms with Gasteiger partial charge in [-0.25, -0.2) is 8.42 Å². The molecule has 1 aliphatic carbocycles. The fourth-order valence-corrected chi connectivity index (χ4v) is 3.78. The topological polar surface area (TPSA) is 46.2 Å². The molecule has 0 atom stereocenters. The highest BCUT2D eigenvalue weighted by atomic mass is 32.2. The lowest BCUT2D eigenvalue weighted by molar-refractivity contribution is 0.353. The molecule has 1 aromatic rings. The Kier molecular flexibility index (Phi) is 2.56. The quantitative estimate of drug-likeness (QED) is 0.890. The van der Waals surface area contributed by atoms with Crippen molar-refractivity contribution in [1.29, 1.82) is 0 Å². The second-order valence-corrected chi connectivity index (χ2v) is 6.46. The van der Waals surface area contributed by atoms with Gasteiger partial charge in [0.25, 0.3) is 0 Å². The van der Waals surface area contributed by atoms with Crippen molar-refractivity contribution in [2.75, 3.05) is 6.54 Å². The first-order chi connectivity index (χ1) is 8.17. The van der Waals surface area contributed by atoms with E-state index in [1.54, 1.807) is 12.1 Å². The van der Waals surface area contributed by atoms with Crippen LogP contribution in [0.5, 0.6) is 0 Å². The van der Waals surface area contributed by atoms with Crippen molar-refractivity contribution in [1.82, 2.24) is 5.32 Å². The number of benzene rings is 1. The Hall–Kier alpha value is -1.13. The monoisotopic (exact) mass is 249 g/mol. The van der Waals surface area contributed by atoms with Gasteiger partial charge in [0.15, 0.2) is 0 Å². The predicted octanol–water partition coefficient (Wildman–Crippen LogP) is 1.96. The van der Waals surface area contributed by atoms with Crippen molar-refractivity contribution in [3.05, 3.63) is 35.2 Å². The number of nitrogens with one attached hydrogen (secondary N) is 1. The van der Waals surface area contributed by atoms with E-state index < -0.39 is 9.84 Å². The smallest absolute Gasteiger partial charge is 0.200 e. The fraction of sp³-hybridized carbons (Fsp3) is 0.385. The zero-order chi connectivity index (χ0) is 11.9. The van der Waals surface area contributed by atoms with Gasteiger partial charge in [-0.1, -0.05) is 24.6 Å². The molecule has 1 N–H and O–H groups in total. The summed E-state index contributed by atoms with van der Waals surface area (Å²) in [7, 11) is -3.19. The molecule has 1 saturated carbocycles. The zero-order valence-electron chi connectivity index (χ0n) is 9.52. The second-order valence-electron chi connectivity index (χ2n) is 4.69. The highest BCUT2D eigenvalue weighted by Gasteiger charge is 2.27. The molecule has 0 saturated heterocycles. The number of hydrogen-bond donors (Lipinski definition) is 1. The maximum absolute atomic E-state index is 11.9. The van der Waals surface area contributed by atoms with Crippen molar-refractivity contribution in [2.24, 2.45) is 0 Å². The third-order valence-corrected chi connectivity index (χ3v) is 5.09. The number of rotatable bonds is 3. The summed E-state index contributed by atoms with van der Waals surface area (Å²) in [4.78, 5) is 0.449. The molecule has 0 aromatic heterocycles. The molecule has 1 fully saturated rings. The lowest BCUT2D eigenvalue weighted by Crippen LogP contribution is -2.35.